The van der Waals surface area contributed by atoms with Crippen LogP contribution < -0.4 is 11.5 Å². The summed E-state index contributed by atoms with van der Waals surface area (Å²) in [7, 11) is 0. The lowest BCUT2D eigenvalue weighted by atomic mass is 9.74. The van der Waals surface area contributed by atoms with E-state index in [0.717, 1.165) is 57.6 Å². The molecule has 0 bridgehead atoms. The summed E-state index contributed by atoms with van der Waals surface area (Å²) in [5, 5.41) is 1.07. The van der Waals surface area contributed by atoms with Gasteiger partial charge in [0.1, 0.15) is 5.82 Å². The Bertz CT molecular complexity index is 1520. The van der Waals surface area contributed by atoms with Crippen molar-refractivity contribution in [2.45, 2.75) is 18.8 Å². The first-order chi connectivity index (χ1) is 16.1. The number of hydrogen-bond donors (Lipinski definition) is 2. The highest BCUT2D eigenvalue weighted by Gasteiger charge is 2.37. The first kappa shape index (κ1) is 19.5. The number of pyridine rings is 2. The maximum Gasteiger partial charge on any atom is 0.220 e. The second kappa shape index (κ2) is 7.45. The fourth-order valence-corrected chi connectivity index (χ4v) is 4.77. The van der Waals surface area contributed by atoms with Gasteiger partial charge in [0.05, 0.1) is 28.1 Å². The summed E-state index contributed by atoms with van der Waals surface area (Å²) >= 11 is 0. The van der Waals surface area contributed by atoms with Gasteiger partial charge in [-0.15, -0.1) is 0 Å². The van der Waals surface area contributed by atoms with Crippen LogP contribution in [0.15, 0.2) is 79.0 Å². The van der Waals surface area contributed by atoms with Crippen molar-refractivity contribution < 1.29 is 4.79 Å². The number of amides is 1. The molecule has 0 atom stereocenters. The van der Waals surface area contributed by atoms with Crippen molar-refractivity contribution in [3.8, 4) is 22.5 Å². The van der Waals surface area contributed by atoms with Crippen LogP contribution in [0, 0.1) is 5.92 Å². The maximum absolute atomic E-state index is 11.5. The number of aromatic nitrogens is 3. The van der Waals surface area contributed by atoms with E-state index in [9.17, 15) is 4.79 Å². The van der Waals surface area contributed by atoms with E-state index in [1.165, 1.54) is 0 Å². The number of rotatable bonds is 4. The maximum atomic E-state index is 11.5. The van der Waals surface area contributed by atoms with Crippen molar-refractivity contribution in [3.05, 3.63) is 84.8 Å². The number of carbonyl (C=O) groups is 1. The molecule has 0 spiro atoms. The summed E-state index contributed by atoms with van der Waals surface area (Å²) in [6.07, 6.45) is 3.44. The van der Waals surface area contributed by atoms with E-state index >= 15 is 0 Å². The number of nitrogens with two attached hydrogens (primary N) is 2. The standard InChI is InChI=1S/C27H23N5O/c28-21-7-4-12-32-25(21)24(31-27(32)20-13-19(14-20)26(29)33)18-9-8-17-10-11-22(30-23(17)15-18)16-5-2-1-3-6-16/h1-12,15,19-20H,13-14,28H2,(H2,29,33)/t19-,20-. The minimum Gasteiger partial charge on any atom is -0.397 e. The van der Waals surface area contributed by atoms with Crippen LogP contribution >= 0.6 is 0 Å². The molecule has 6 rings (SSSR count). The Balaban J connectivity index is 1.47. The van der Waals surface area contributed by atoms with Crippen LogP contribution in [0.2, 0.25) is 0 Å². The summed E-state index contributed by atoms with van der Waals surface area (Å²) in [4.78, 5) is 21.5. The zero-order chi connectivity index (χ0) is 22.5. The number of fused-ring (bicyclic) bond motifs is 2. The largest absolute Gasteiger partial charge is 0.397 e. The van der Waals surface area contributed by atoms with Crippen molar-refractivity contribution in [1.29, 1.82) is 0 Å². The monoisotopic (exact) mass is 433 g/mol. The van der Waals surface area contributed by atoms with E-state index in [1.54, 1.807) is 0 Å². The van der Waals surface area contributed by atoms with E-state index in [2.05, 4.69) is 40.8 Å². The van der Waals surface area contributed by atoms with Crippen molar-refractivity contribution >= 4 is 28.0 Å². The van der Waals surface area contributed by atoms with Crippen molar-refractivity contribution in [2.24, 2.45) is 11.7 Å². The van der Waals surface area contributed by atoms with Crippen molar-refractivity contribution in [3.63, 3.8) is 0 Å². The Morgan fingerprint density at radius 2 is 1.70 bits per heavy atom. The summed E-state index contributed by atoms with van der Waals surface area (Å²) in [6.45, 7) is 0. The van der Waals surface area contributed by atoms with E-state index in [0.29, 0.717) is 5.69 Å². The topological polar surface area (TPSA) is 99.3 Å². The SMILES string of the molecule is Nc1cccn2c1c(-c1ccc3ccc(-c4ccccc4)nc3c1)nc2[C@H]1C[C@H](C(N)=O)C1. The molecule has 3 aromatic heterocycles. The molecule has 1 aliphatic rings. The number of anilines is 1. The minimum atomic E-state index is -0.235. The molecule has 0 unspecified atom stereocenters. The third-order valence-electron chi connectivity index (χ3n) is 6.66. The molecule has 33 heavy (non-hydrogen) atoms. The molecule has 4 N–H and O–H groups in total. The van der Waals surface area contributed by atoms with Crippen LogP contribution in [0.5, 0.6) is 0 Å². The smallest absolute Gasteiger partial charge is 0.220 e. The Kier molecular flexibility index (Phi) is 4.40. The van der Waals surface area contributed by atoms with Gasteiger partial charge in [0.15, 0.2) is 0 Å². The average Bonchev–Trinajstić information content (AvgIpc) is 3.18. The molecule has 1 aliphatic carbocycles. The predicted molar refractivity (Wildman–Crippen MR) is 130 cm³/mol. The van der Waals surface area contributed by atoms with Crippen LogP contribution in [-0.2, 0) is 4.79 Å². The lowest BCUT2D eigenvalue weighted by molar-refractivity contribution is -0.124. The molecule has 0 radical (unpaired) electrons. The van der Waals surface area contributed by atoms with Crippen LogP contribution in [0.3, 0.4) is 0 Å². The molecule has 2 aromatic carbocycles. The van der Waals surface area contributed by atoms with Gasteiger partial charge in [-0.3, -0.25) is 4.79 Å². The van der Waals surface area contributed by atoms with Crippen molar-refractivity contribution in [2.75, 3.05) is 5.73 Å². The van der Waals surface area contributed by atoms with E-state index in [1.807, 2.05) is 42.6 Å². The average molecular weight is 434 g/mol. The number of benzene rings is 2. The molecular weight excluding hydrogens is 410 g/mol. The van der Waals surface area contributed by atoms with Crippen molar-refractivity contribution in [1.82, 2.24) is 14.4 Å². The summed E-state index contributed by atoms with van der Waals surface area (Å²) in [5.41, 5.74) is 18.2. The van der Waals surface area contributed by atoms with Crippen LogP contribution in [-0.4, -0.2) is 20.3 Å². The van der Waals surface area contributed by atoms with Crippen LogP contribution in [0.4, 0.5) is 5.69 Å². The third-order valence-corrected chi connectivity index (χ3v) is 6.66. The molecule has 0 saturated heterocycles. The predicted octanol–water partition coefficient (Wildman–Crippen LogP) is 4.78. The zero-order valence-electron chi connectivity index (χ0n) is 18.0. The fraction of sp³-hybridized carbons (Fsp3) is 0.148. The number of nitrogen functional groups attached to an aromatic ring is 1. The molecule has 6 heteroatoms. The van der Waals surface area contributed by atoms with E-state index < -0.39 is 0 Å². The Hall–Kier alpha value is -4.19. The van der Waals surface area contributed by atoms with Gasteiger partial charge in [-0.1, -0.05) is 48.5 Å². The lowest BCUT2D eigenvalue weighted by Gasteiger charge is -2.32. The Morgan fingerprint density at radius 3 is 2.48 bits per heavy atom. The van der Waals surface area contributed by atoms with E-state index in [-0.39, 0.29) is 17.7 Å². The highest BCUT2D eigenvalue weighted by atomic mass is 16.1. The van der Waals surface area contributed by atoms with Gasteiger partial charge in [-0.25, -0.2) is 9.97 Å². The number of nitrogens with zero attached hydrogens (tertiary/aromatic N) is 3. The lowest BCUT2D eigenvalue weighted by Crippen LogP contribution is -2.34. The van der Waals surface area contributed by atoms with Gasteiger partial charge in [0.2, 0.25) is 5.91 Å². The number of primary amides is 1. The highest BCUT2D eigenvalue weighted by Crippen LogP contribution is 2.43. The van der Waals surface area contributed by atoms with Gasteiger partial charge in [-0.2, -0.15) is 0 Å². The molecule has 6 nitrogen and oxygen atoms in total. The minimum absolute atomic E-state index is 0.0758. The number of hydrogen-bond acceptors (Lipinski definition) is 4. The Morgan fingerprint density at radius 1 is 0.909 bits per heavy atom. The number of imidazole rings is 1. The van der Waals surface area contributed by atoms with Crippen LogP contribution in [0.25, 0.3) is 38.9 Å². The normalized spacial score (nSPS) is 17.8. The highest BCUT2D eigenvalue weighted by molar-refractivity contribution is 5.92. The quantitative estimate of drug-likeness (QED) is 0.426. The van der Waals surface area contributed by atoms with Gasteiger partial charge in [0, 0.05) is 34.5 Å². The summed E-state index contributed by atoms with van der Waals surface area (Å²) < 4.78 is 2.06. The summed E-state index contributed by atoms with van der Waals surface area (Å²) in [6, 6.07) is 24.3. The molecule has 3 heterocycles. The molecule has 1 fully saturated rings. The molecule has 1 saturated carbocycles. The number of carbonyl (C=O) groups excluding carboxylic acids is 1. The van der Waals surface area contributed by atoms with Gasteiger partial charge in [-0.05, 0) is 37.1 Å². The van der Waals surface area contributed by atoms with Crippen LogP contribution in [0.1, 0.15) is 24.6 Å². The fourth-order valence-electron chi connectivity index (χ4n) is 4.77. The zero-order valence-corrected chi connectivity index (χ0v) is 18.0. The second-order valence-corrected chi connectivity index (χ2v) is 8.74. The molecule has 0 aliphatic heterocycles. The first-order valence-corrected chi connectivity index (χ1v) is 11.1. The molecular formula is C27H23N5O. The van der Waals surface area contributed by atoms with Gasteiger partial charge in [0.25, 0.3) is 0 Å². The molecule has 162 valence electrons. The third kappa shape index (κ3) is 3.22. The molecule has 5 aromatic rings. The Labute approximate surface area is 190 Å². The van der Waals surface area contributed by atoms with Gasteiger partial charge < -0.3 is 15.9 Å². The second-order valence-electron chi connectivity index (χ2n) is 8.74. The van der Waals surface area contributed by atoms with Gasteiger partial charge >= 0.3 is 0 Å². The van der Waals surface area contributed by atoms with E-state index in [4.69, 9.17) is 21.4 Å². The first-order valence-electron chi connectivity index (χ1n) is 11.1. The molecule has 1 amide bonds. The summed E-state index contributed by atoms with van der Waals surface area (Å²) in [5.74, 6) is 0.805.